The van der Waals surface area contributed by atoms with Crippen molar-refractivity contribution < 1.29 is 64.6 Å². The maximum atomic E-state index is 13.4. The van der Waals surface area contributed by atoms with E-state index in [0.717, 1.165) is 64.2 Å². The molecule has 2 aliphatic rings. The summed E-state index contributed by atoms with van der Waals surface area (Å²) in [5.74, 6) is -0.202. The van der Waals surface area contributed by atoms with Crippen molar-refractivity contribution in [1.82, 2.24) is 5.32 Å². The van der Waals surface area contributed by atoms with Gasteiger partial charge in [0.25, 0.3) is 0 Å². The molecule has 14 heteroatoms. The van der Waals surface area contributed by atoms with Gasteiger partial charge in [0.1, 0.15) is 48.8 Å². The highest BCUT2D eigenvalue weighted by Gasteiger charge is 2.51. The Labute approximate surface area is 557 Å². The number of aliphatic hydroxyl groups excluding tert-OH is 8. The minimum Gasteiger partial charge on any atom is -0.394 e. The second-order valence-corrected chi connectivity index (χ2v) is 27.5. The highest BCUT2D eigenvalue weighted by atomic mass is 16.7. The van der Waals surface area contributed by atoms with Gasteiger partial charge in [-0.25, -0.2) is 0 Å². The highest BCUT2D eigenvalue weighted by Crippen LogP contribution is 2.30. The van der Waals surface area contributed by atoms with E-state index in [1.54, 1.807) is 0 Å². The third-order valence-electron chi connectivity index (χ3n) is 19.1. The van der Waals surface area contributed by atoms with Gasteiger partial charge < -0.3 is 65.1 Å². The molecule has 0 aromatic rings. The molecule has 0 saturated carbocycles. The number of hydrogen-bond acceptors (Lipinski definition) is 13. The van der Waals surface area contributed by atoms with Crippen molar-refractivity contribution in [2.45, 2.75) is 428 Å². The lowest BCUT2D eigenvalue weighted by molar-refractivity contribution is -0.359. The van der Waals surface area contributed by atoms with Crippen molar-refractivity contribution in [3.8, 4) is 0 Å². The second-order valence-electron chi connectivity index (χ2n) is 27.5. The van der Waals surface area contributed by atoms with E-state index < -0.39 is 86.8 Å². The summed E-state index contributed by atoms with van der Waals surface area (Å²) in [5, 5.41) is 87.8. The molecule has 0 bridgehead atoms. The summed E-state index contributed by atoms with van der Waals surface area (Å²) >= 11 is 0. The molecule has 0 radical (unpaired) electrons. The van der Waals surface area contributed by atoms with Crippen molar-refractivity contribution in [2.75, 3.05) is 19.8 Å². The predicted octanol–water partition coefficient (Wildman–Crippen LogP) is 16.9. The Balaban J connectivity index is 1.63. The Morgan fingerprint density at radius 3 is 1.11 bits per heavy atom. The van der Waals surface area contributed by atoms with Crippen LogP contribution in [0.25, 0.3) is 0 Å². The van der Waals surface area contributed by atoms with Gasteiger partial charge in [0.05, 0.1) is 32.0 Å². The third kappa shape index (κ3) is 45.4. The summed E-state index contributed by atoms with van der Waals surface area (Å²) in [5.41, 5.74) is 0. The molecule has 0 aromatic heterocycles. The van der Waals surface area contributed by atoms with Crippen LogP contribution in [-0.2, 0) is 23.7 Å². The van der Waals surface area contributed by atoms with Gasteiger partial charge in [0.15, 0.2) is 12.6 Å². The van der Waals surface area contributed by atoms with Crippen LogP contribution in [0.3, 0.4) is 0 Å². The Morgan fingerprint density at radius 1 is 0.396 bits per heavy atom. The number of unbranched alkanes of at least 4 members (excludes halogenated alkanes) is 46. The molecule has 2 saturated heterocycles. The molecule has 536 valence electrons. The van der Waals surface area contributed by atoms with Crippen LogP contribution in [0.4, 0.5) is 0 Å². The largest absolute Gasteiger partial charge is 0.394 e. The number of carbonyl (C=O) groups is 1. The lowest BCUT2D eigenvalue weighted by atomic mass is 9.97. The van der Waals surface area contributed by atoms with Gasteiger partial charge in [0, 0.05) is 6.42 Å². The van der Waals surface area contributed by atoms with E-state index in [9.17, 15) is 45.6 Å². The molecule has 2 heterocycles. The Hall–Kier alpha value is -1.79. The molecule has 1 amide bonds. The van der Waals surface area contributed by atoms with Gasteiger partial charge in [-0.3, -0.25) is 4.79 Å². The molecule has 2 aliphatic heterocycles. The number of aliphatic hydroxyl groups is 8. The lowest BCUT2D eigenvalue weighted by Gasteiger charge is -2.46. The van der Waals surface area contributed by atoms with Crippen LogP contribution in [0, 0.1) is 0 Å². The number of hydrogen-bond donors (Lipinski definition) is 9. The molecule has 9 N–H and O–H groups in total. The van der Waals surface area contributed by atoms with E-state index in [0.29, 0.717) is 12.8 Å². The summed E-state index contributed by atoms with van der Waals surface area (Å²) in [6.45, 7) is 2.91. The van der Waals surface area contributed by atoms with E-state index >= 15 is 0 Å². The maximum Gasteiger partial charge on any atom is 0.220 e. The van der Waals surface area contributed by atoms with Crippen molar-refractivity contribution in [2.24, 2.45) is 0 Å². The fraction of sp³-hybridized carbons (Fsp3) is 0.909. The van der Waals surface area contributed by atoms with Crippen LogP contribution in [0.5, 0.6) is 0 Å². The number of allylic oxidation sites excluding steroid dienone is 6. The first kappa shape index (κ1) is 85.3. The SMILES string of the molecule is CCCCCCC/C=C\C/C=C\C/C=C\CCCCCCCCCCCCCCCCC(=O)NC(COC1OC(CO)C(OC2OC(CO)C(O)C(O)C2O)C(O)C1O)C(O)CCCCCCCCCCCCCCCCCCCCCCCCCCCCCC. The first-order chi connectivity index (χ1) is 44.6. The average Bonchev–Trinajstić information content (AvgIpc) is 1.06. The Bertz CT molecular complexity index is 1670. The quantitative estimate of drug-likeness (QED) is 0.0204. The molecule has 0 aliphatic carbocycles. The average molecular weight is 1290 g/mol. The first-order valence-corrected chi connectivity index (χ1v) is 38.7. The zero-order valence-electron chi connectivity index (χ0n) is 58.6. The highest BCUT2D eigenvalue weighted by molar-refractivity contribution is 5.76. The van der Waals surface area contributed by atoms with Crippen LogP contribution in [0.1, 0.15) is 354 Å². The molecular weight excluding hydrogens is 1150 g/mol. The van der Waals surface area contributed by atoms with Gasteiger partial charge >= 0.3 is 0 Å². The van der Waals surface area contributed by atoms with Crippen LogP contribution < -0.4 is 5.32 Å². The van der Waals surface area contributed by atoms with E-state index in [1.807, 2.05) is 0 Å². The van der Waals surface area contributed by atoms with E-state index in [1.165, 1.54) is 263 Å². The predicted molar refractivity (Wildman–Crippen MR) is 374 cm³/mol. The topological polar surface area (TPSA) is 228 Å². The summed E-state index contributed by atoms with van der Waals surface area (Å²) in [6.07, 6.45) is 63.1. The maximum absolute atomic E-state index is 13.4. The van der Waals surface area contributed by atoms with E-state index in [2.05, 4.69) is 55.6 Å². The molecule has 0 aromatic carbocycles. The molecule has 14 nitrogen and oxygen atoms in total. The van der Waals surface area contributed by atoms with Gasteiger partial charge in [-0.2, -0.15) is 0 Å². The standard InChI is InChI=1S/C77H145NO13/c1-3-5-7-9-11-13-15-17-19-21-23-25-27-29-31-33-35-37-39-41-43-45-47-49-51-53-55-57-59-61-69(82)78-65(64-88-76-74(87)72(85)75(68(63-80)90-76)91-77-73(86)71(84)70(83)67(62-79)89-77)66(81)60-58-56-54-52-50-48-46-44-42-40-38-36-34-32-30-28-26-24-22-20-18-16-14-12-10-8-6-4-2/h15,17,21,23,27,29,65-68,70-77,79-81,83-87H,3-14,16,18-20,22,24-26,28,30-64H2,1-2H3,(H,78,82)/b17-15-,23-21-,29-27-. The summed E-state index contributed by atoms with van der Waals surface area (Å²) in [6, 6.07) is -0.831. The van der Waals surface area contributed by atoms with Gasteiger partial charge in [0.2, 0.25) is 5.91 Å². The molecule has 2 fully saturated rings. The number of rotatable bonds is 65. The van der Waals surface area contributed by atoms with Crippen molar-refractivity contribution >= 4 is 5.91 Å². The molecule has 0 spiro atoms. The smallest absolute Gasteiger partial charge is 0.220 e. The monoisotopic (exact) mass is 1290 g/mol. The van der Waals surface area contributed by atoms with Gasteiger partial charge in [-0.1, -0.05) is 333 Å². The fourth-order valence-corrected chi connectivity index (χ4v) is 13.0. The zero-order valence-corrected chi connectivity index (χ0v) is 58.6. The minimum atomic E-state index is -1.78. The lowest BCUT2D eigenvalue weighted by Crippen LogP contribution is -2.65. The number of amides is 1. The summed E-state index contributed by atoms with van der Waals surface area (Å²) in [7, 11) is 0. The zero-order chi connectivity index (χ0) is 65.9. The summed E-state index contributed by atoms with van der Waals surface area (Å²) < 4.78 is 23.0. The Kier molecular flexibility index (Phi) is 57.9. The molecule has 12 atom stereocenters. The molecular formula is C77H145NO13. The normalized spacial score (nSPS) is 22.9. The second kappa shape index (κ2) is 61.8. The third-order valence-corrected chi connectivity index (χ3v) is 19.1. The minimum absolute atomic E-state index is 0.202. The van der Waals surface area contributed by atoms with Crippen LogP contribution in [0.2, 0.25) is 0 Å². The van der Waals surface area contributed by atoms with Crippen molar-refractivity contribution in [1.29, 1.82) is 0 Å². The van der Waals surface area contributed by atoms with Crippen LogP contribution in [0.15, 0.2) is 36.5 Å². The molecule has 2 rings (SSSR count). The molecule has 91 heavy (non-hydrogen) atoms. The fourth-order valence-electron chi connectivity index (χ4n) is 13.0. The van der Waals surface area contributed by atoms with Gasteiger partial charge in [-0.05, 0) is 51.4 Å². The first-order valence-electron chi connectivity index (χ1n) is 38.7. The number of nitrogens with one attached hydrogen (secondary N) is 1. The summed E-state index contributed by atoms with van der Waals surface area (Å²) in [4.78, 5) is 13.4. The van der Waals surface area contributed by atoms with Gasteiger partial charge in [-0.15, -0.1) is 0 Å². The molecule has 12 unspecified atom stereocenters. The Morgan fingerprint density at radius 2 is 0.725 bits per heavy atom. The number of ether oxygens (including phenoxy) is 4. The van der Waals surface area contributed by atoms with Crippen LogP contribution in [-0.4, -0.2) is 140 Å². The van der Waals surface area contributed by atoms with Crippen molar-refractivity contribution in [3.05, 3.63) is 36.5 Å². The van der Waals surface area contributed by atoms with E-state index in [-0.39, 0.29) is 12.5 Å². The number of carbonyl (C=O) groups excluding carboxylic acids is 1. The van der Waals surface area contributed by atoms with Crippen molar-refractivity contribution in [3.63, 3.8) is 0 Å². The van der Waals surface area contributed by atoms with Crippen LogP contribution >= 0.6 is 0 Å². The van der Waals surface area contributed by atoms with E-state index in [4.69, 9.17) is 18.9 Å².